The fraction of sp³-hybridized carbons (Fsp3) is 0.375. The minimum Gasteiger partial charge on any atom is -0.369 e. The Morgan fingerprint density at radius 3 is 2.69 bits per heavy atom. The third kappa shape index (κ3) is 4.81. The first-order valence-corrected chi connectivity index (χ1v) is 11.7. The van der Waals surface area contributed by atoms with Crippen molar-refractivity contribution in [1.29, 1.82) is 0 Å². The van der Waals surface area contributed by atoms with Gasteiger partial charge in [-0.3, -0.25) is 9.78 Å². The lowest BCUT2D eigenvalue weighted by molar-refractivity contribution is 0.0943. The highest BCUT2D eigenvalue weighted by Crippen LogP contribution is 2.30. The van der Waals surface area contributed by atoms with E-state index < -0.39 is 0 Å². The van der Waals surface area contributed by atoms with Crippen LogP contribution in [0.5, 0.6) is 0 Å². The third-order valence-electron chi connectivity index (χ3n) is 5.85. The number of likely N-dealkylation sites (N-methyl/N-ethyl adjacent to an activating group) is 1. The molecule has 1 atom stereocenters. The summed E-state index contributed by atoms with van der Waals surface area (Å²) in [5.74, 6) is -0.510. The van der Waals surface area contributed by atoms with E-state index in [1.165, 1.54) is 23.5 Å². The molecule has 1 aliphatic rings. The third-order valence-corrected chi connectivity index (χ3v) is 7.03. The smallest absolute Gasteiger partial charge is 0.263 e. The van der Waals surface area contributed by atoms with Crippen molar-refractivity contribution in [3.8, 4) is 10.7 Å². The van der Waals surface area contributed by atoms with Gasteiger partial charge < -0.3 is 15.1 Å². The van der Waals surface area contributed by atoms with Crippen LogP contribution in [0.25, 0.3) is 10.7 Å². The van der Waals surface area contributed by atoms with Crippen molar-refractivity contribution in [2.45, 2.75) is 26.8 Å². The zero-order valence-corrected chi connectivity index (χ0v) is 19.5. The van der Waals surface area contributed by atoms with Crippen molar-refractivity contribution < 1.29 is 9.18 Å². The van der Waals surface area contributed by atoms with Crippen LogP contribution in [-0.4, -0.2) is 53.5 Å². The lowest BCUT2D eigenvalue weighted by Gasteiger charge is -2.37. The molecule has 6 nitrogen and oxygen atoms in total. The van der Waals surface area contributed by atoms with Gasteiger partial charge >= 0.3 is 0 Å². The first-order chi connectivity index (χ1) is 15.5. The monoisotopic (exact) mass is 453 g/mol. The number of rotatable bonds is 6. The molecule has 2 aromatic heterocycles. The van der Waals surface area contributed by atoms with Gasteiger partial charge in [0.15, 0.2) is 0 Å². The Balaban J connectivity index is 1.53. The Kier molecular flexibility index (Phi) is 6.81. The average molecular weight is 454 g/mol. The normalized spacial score (nSPS) is 15.6. The van der Waals surface area contributed by atoms with E-state index in [0.717, 1.165) is 49.7 Å². The summed E-state index contributed by atoms with van der Waals surface area (Å²) in [6.45, 7) is 10.6. The highest BCUT2D eigenvalue weighted by molar-refractivity contribution is 7.17. The molecule has 8 heteroatoms. The molecule has 1 amide bonds. The Morgan fingerprint density at radius 2 is 2.00 bits per heavy atom. The summed E-state index contributed by atoms with van der Waals surface area (Å²) in [5, 5.41) is 3.76. The highest BCUT2D eigenvalue weighted by atomic mass is 32.1. The van der Waals surface area contributed by atoms with Crippen LogP contribution < -0.4 is 10.2 Å². The quantitative estimate of drug-likeness (QED) is 0.604. The molecule has 1 aromatic carbocycles. The molecule has 32 heavy (non-hydrogen) atoms. The first kappa shape index (κ1) is 22.4. The standard InChI is InChI=1S/C24H28FN5OS/c1-4-29-11-13-30(14-12-29)21-9-8-18(25)15-19(21)16(2)27-23(31)22-17(3)28-24(32-22)20-7-5-6-10-26-20/h5-10,15-16H,4,11-14H2,1-3H3,(H,27,31). The number of hydrogen-bond acceptors (Lipinski definition) is 6. The van der Waals surface area contributed by atoms with Crippen LogP contribution in [0.4, 0.5) is 10.1 Å². The van der Waals surface area contributed by atoms with Crippen molar-refractivity contribution in [1.82, 2.24) is 20.2 Å². The van der Waals surface area contributed by atoms with Gasteiger partial charge in [-0.05, 0) is 50.7 Å². The number of hydrogen-bond donors (Lipinski definition) is 1. The van der Waals surface area contributed by atoms with E-state index in [9.17, 15) is 9.18 Å². The van der Waals surface area contributed by atoms with E-state index >= 15 is 0 Å². The van der Waals surface area contributed by atoms with Gasteiger partial charge in [0.2, 0.25) is 0 Å². The topological polar surface area (TPSA) is 61.4 Å². The van der Waals surface area contributed by atoms with Gasteiger partial charge in [-0.25, -0.2) is 9.37 Å². The molecule has 168 valence electrons. The van der Waals surface area contributed by atoms with E-state index in [1.54, 1.807) is 6.20 Å². The van der Waals surface area contributed by atoms with Gasteiger partial charge in [0.25, 0.3) is 5.91 Å². The van der Waals surface area contributed by atoms with Gasteiger partial charge in [-0.15, -0.1) is 11.3 Å². The summed E-state index contributed by atoms with van der Waals surface area (Å²) < 4.78 is 14.2. The van der Waals surface area contributed by atoms with Crippen LogP contribution in [0, 0.1) is 12.7 Å². The van der Waals surface area contributed by atoms with Crippen LogP contribution in [0.3, 0.4) is 0 Å². The second kappa shape index (κ2) is 9.75. The van der Waals surface area contributed by atoms with Crippen LogP contribution in [0.1, 0.15) is 40.8 Å². The number of halogens is 1. The minimum absolute atomic E-state index is 0.208. The summed E-state index contributed by atoms with van der Waals surface area (Å²) in [6, 6.07) is 10.1. The molecule has 3 heterocycles. The number of piperazine rings is 1. The lowest BCUT2D eigenvalue weighted by atomic mass is 10.0. The van der Waals surface area contributed by atoms with E-state index in [-0.39, 0.29) is 17.8 Å². The molecule has 0 saturated carbocycles. The van der Waals surface area contributed by atoms with E-state index in [0.29, 0.717) is 15.6 Å². The largest absolute Gasteiger partial charge is 0.369 e. The molecule has 1 unspecified atom stereocenters. The second-order valence-electron chi connectivity index (χ2n) is 7.97. The summed E-state index contributed by atoms with van der Waals surface area (Å²) in [7, 11) is 0. The zero-order chi connectivity index (χ0) is 22.7. The van der Waals surface area contributed by atoms with Gasteiger partial charge in [-0.1, -0.05) is 13.0 Å². The molecule has 3 aromatic rings. The zero-order valence-electron chi connectivity index (χ0n) is 18.6. The summed E-state index contributed by atoms with van der Waals surface area (Å²) >= 11 is 1.32. The number of nitrogens with one attached hydrogen (secondary N) is 1. The fourth-order valence-corrected chi connectivity index (χ4v) is 4.96. The number of carbonyl (C=O) groups excluding carboxylic acids is 1. The number of aromatic nitrogens is 2. The highest BCUT2D eigenvalue weighted by Gasteiger charge is 2.24. The maximum atomic E-state index is 14.2. The number of pyridine rings is 1. The molecule has 1 saturated heterocycles. The van der Waals surface area contributed by atoms with Crippen LogP contribution >= 0.6 is 11.3 Å². The number of benzene rings is 1. The van der Waals surface area contributed by atoms with Gasteiger partial charge in [-0.2, -0.15) is 0 Å². The van der Waals surface area contributed by atoms with Crippen LogP contribution in [0.15, 0.2) is 42.6 Å². The van der Waals surface area contributed by atoms with Crippen molar-refractivity contribution >= 4 is 22.9 Å². The predicted molar refractivity (Wildman–Crippen MR) is 127 cm³/mol. The summed E-state index contributed by atoms with van der Waals surface area (Å²) in [6.07, 6.45) is 1.71. The van der Waals surface area contributed by atoms with Crippen LogP contribution in [-0.2, 0) is 0 Å². The molecule has 1 N–H and O–H groups in total. The molecule has 0 radical (unpaired) electrons. The summed E-state index contributed by atoms with van der Waals surface area (Å²) in [5.41, 5.74) is 3.17. The Bertz CT molecular complexity index is 1080. The Labute approximate surface area is 192 Å². The molecule has 1 fully saturated rings. The lowest BCUT2D eigenvalue weighted by Crippen LogP contribution is -2.46. The molecular formula is C24H28FN5OS. The van der Waals surface area contributed by atoms with Crippen molar-refractivity contribution in [2.24, 2.45) is 0 Å². The molecule has 0 spiro atoms. The van der Waals surface area contributed by atoms with Gasteiger partial charge in [0.05, 0.1) is 17.4 Å². The number of anilines is 1. The summed E-state index contributed by atoms with van der Waals surface area (Å²) in [4.78, 5) is 27.1. The van der Waals surface area contributed by atoms with Crippen molar-refractivity contribution in [2.75, 3.05) is 37.6 Å². The minimum atomic E-state index is -0.350. The molecular weight excluding hydrogens is 425 g/mol. The van der Waals surface area contributed by atoms with Gasteiger partial charge in [0, 0.05) is 43.6 Å². The molecule has 0 bridgehead atoms. The van der Waals surface area contributed by atoms with E-state index in [2.05, 4.69) is 32.0 Å². The van der Waals surface area contributed by atoms with Crippen molar-refractivity contribution in [3.05, 3.63) is 64.5 Å². The van der Waals surface area contributed by atoms with E-state index in [1.807, 2.05) is 38.1 Å². The number of thiazole rings is 1. The number of nitrogens with zero attached hydrogens (tertiary/aromatic N) is 4. The van der Waals surface area contributed by atoms with Crippen LogP contribution in [0.2, 0.25) is 0 Å². The van der Waals surface area contributed by atoms with Gasteiger partial charge in [0.1, 0.15) is 15.7 Å². The molecule has 4 rings (SSSR count). The Morgan fingerprint density at radius 1 is 1.22 bits per heavy atom. The molecule has 0 aliphatic carbocycles. The second-order valence-corrected chi connectivity index (χ2v) is 8.97. The maximum absolute atomic E-state index is 14.2. The average Bonchev–Trinajstić information content (AvgIpc) is 3.21. The van der Waals surface area contributed by atoms with Crippen molar-refractivity contribution in [3.63, 3.8) is 0 Å². The number of carbonyl (C=O) groups is 1. The maximum Gasteiger partial charge on any atom is 0.263 e. The molecule has 1 aliphatic heterocycles. The number of aryl methyl sites for hydroxylation is 1. The van der Waals surface area contributed by atoms with E-state index in [4.69, 9.17) is 0 Å². The number of amides is 1. The SMILES string of the molecule is CCN1CCN(c2ccc(F)cc2C(C)NC(=O)c2sc(-c3ccccn3)nc2C)CC1. The Hall–Kier alpha value is -2.84. The first-order valence-electron chi connectivity index (χ1n) is 10.9. The fourth-order valence-electron chi connectivity index (χ4n) is 4.01. The predicted octanol–water partition coefficient (Wildman–Crippen LogP) is 4.29.